The predicted octanol–water partition coefficient (Wildman–Crippen LogP) is 4.64. The quantitative estimate of drug-likeness (QED) is 0.550. The number of halogens is 1. The Labute approximate surface area is 204 Å². The summed E-state index contributed by atoms with van der Waals surface area (Å²) in [6, 6.07) is 4.52. The first-order valence-electron chi connectivity index (χ1n) is 11.0. The number of aromatic nitrogens is 3. The van der Waals surface area contributed by atoms with Crippen LogP contribution >= 0.6 is 11.6 Å². The van der Waals surface area contributed by atoms with Gasteiger partial charge in [0.25, 0.3) is 0 Å². The molecule has 0 saturated carbocycles. The van der Waals surface area contributed by atoms with E-state index in [4.69, 9.17) is 16.3 Å². The fourth-order valence-electron chi connectivity index (χ4n) is 3.97. The minimum atomic E-state index is -3.35. The molecule has 1 aliphatic heterocycles. The van der Waals surface area contributed by atoms with Gasteiger partial charge in [-0.2, -0.15) is 0 Å². The molecule has 1 aliphatic rings. The van der Waals surface area contributed by atoms with E-state index in [1.165, 1.54) is 12.1 Å². The Hall–Kier alpha value is -2.85. The van der Waals surface area contributed by atoms with Crippen LogP contribution in [0.3, 0.4) is 0 Å². The van der Waals surface area contributed by atoms with Gasteiger partial charge in [0.15, 0.2) is 21.3 Å². The van der Waals surface area contributed by atoms with Crippen LogP contribution in [0, 0.1) is 0 Å². The molecular formula is C23H28ClN5O4S. The van der Waals surface area contributed by atoms with Crippen LogP contribution < -0.4 is 5.32 Å². The van der Waals surface area contributed by atoms with Gasteiger partial charge in [-0.15, -0.1) is 0 Å². The number of likely N-dealkylation sites (tertiary alicyclic amines) is 1. The summed E-state index contributed by atoms with van der Waals surface area (Å²) in [5, 5.41) is 3.43. The number of nitrogens with one attached hydrogen (secondary N) is 1. The van der Waals surface area contributed by atoms with Gasteiger partial charge in [0.05, 0.1) is 15.6 Å². The molecular weight excluding hydrogens is 478 g/mol. The van der Waals surface area contributed by atoms with E-state index < -0.39 is 15.4 Å². The number of ether oxygens (including phenoxy) is 1. The summed E-state index contributed by atoms with van der Waals surface area (Å²) < 4.78 is 31.0. The molecule has 34 heavy (non-hydrogen) atoms. The van der Waals surface area contributed by atoms with Gasteiger partial charge in [0.2, 0.25) is 0 Å². The normalized spacial score (nSPS) is 15.5. The van der Waals surface area contributed by atoms with Crippen molar-refractivity contribution in [3.05, 3.63) is 47.5 Å². The SMILES string of the molecule is CC(C)(C)OC(=O)N1CCC(c2cnc3c(Nc4ccc(S(C)(=O)=O)cc4Cl)nccn23)CC1. The van der Waals surface area contributed by atoms with Gasteiger partial charge < -0.3 is 15.0 Å². The summed E-state index contributed by atoms with van der Waals surface area (Å²) in [4.78, 5) is 23.2. The maximum atomic E-state index is 12.4. The first-order chi connectivity index (χ1) is 15.9. The molecule has 1 aromatic carbocycles. The van der Waals surface area contributed by atoms with Gasteiger partial charge in [-0.3, -0.25) is 4.40 Å². The number of nitrogens with zero attached hydrogens (tertiary/aromatic N) is 4. The first-order valence-corrected chi connectivity index (χ1v) is 13.3. The number of carbonyl (C=O) groups excluding carboxylic acids is 1. The standard InChI is InChI=1S/C23H28ClN5O4S/c1-23(2,3)33-22(30)28-10-7-15(8-11-28)19-14-26-21-20(25-9-12-29(19)21)27-18-6-5-16(13-17(18)24)34(4,31)32/h5-6,9,12-15H,7-8,10-11H2,1-4H3,(H,25,27). The number of fused-ring (bicyclic) bond motifs is 1. The smallest absolute Gasteiger partial charge is 0.410 e. The Bertz CT molecular complexity index is 1320. The molecule has 0 radical (unpaired) electrons. The molecule has 1 saturated heterocycles. The highest BCUT2D eigenvalue weighted by molar-refractivity contribution is 7.90. The molecule has 0 bridgehead atoms. The van der Waals surface area contributed by atoms with Crippen LogP contribution in [0.15, 0.2) is 41.7 Å². The van der Waals surface area contributed by atoms with Crippen molar-refractivity contribution in [3.63, 3.8) is 0 Å². The molecule has 0 unspecified atom stereocenters. The number of piperidine rings is 1. The van der Waals surface area contributed by atoms with E-state index in [1.807, 2.05) is 37.6 Å². The Morgan fingerprint density at radius 1 is 1.21 bits per heavy atom. The highest BCUT2D eigenvalue weighted by Crippen LogP contribution is 2.32. The molecule has 4 rings (SSSR count). The van der Waals surface area contributed by atoms with Crippen molar-refractivity contribution in [1.82, 2.24) is 19.3 Å². The second kappa shape index (κ2) is 9.07. The molecule has 3 aromatic rings. The zero-order valence-corrected chi connectivity index (χ0v) is 21.2. The molecule has 2 aromatic heterocycles. The summed E-state index contributed by atoms with van der Waals surface area (Å²) in [7, 11) is -3.35. The molecule has 0 spiro atoms. The lowest BCUT2D eigenvalue weighted by Gasteiger charge is -2.33. The third kappa shape index (κ3) is 5.28. The Balaban J connectivity index is 1.51. The molecule has 11 heteroatoms. The van der Waals surface area contributed by atoms with Crippen molar-refractivity contribution in [2.45, 2.75) is 50.0 Å². The number of benzene rings is 1. The van der Waals surface area contributed by atoms with E-state index in [1.54, 1.807) is 17.2 Å². The third-order valence-electron chi connectivity index (χ3n) is 5.64. The fourth-order valence-corrected chi connectivity index (χ4v) is 4.91. The number of hydrogen-bond acceptors (Lipinski definition) is 7. The van der Waals surface area contributed by atoms with Gasteiger partial charge in [-0.25, -0.2) is 23.2 Å². The van der Waals surface area contributed by atoms with Crippen LogP contribution in [0.4, 0.5) is 16.3 Å². The average Bonchev–Trinajstić information content (AvgIpc) is 3.18. The molecule has 0 atom stereocenters. The molecule has 0 aliphatic carbocycles. The third-order valence-corrected chi connectivity index (χ3v) is 7.07. The van der Waals surface area contributed by atoms with Crippen molar-refractivity contribution in [2.75, 3.05) is 24.7 Å². The highest BCUT2D eigenvalue weighted by Gasteiger charge is 2.29. The highest BCUT2D eigenvalue weighted by atomic mass is 35.5. The number of anilines is 2. The van der Waals surface area contributed by atoms with Gasteiger partial charge in [-0.1, -0.05) is 11.6 Å². The lowest BCUT2D eigenvalue weighted by atomic mass is 9.94. The number of carbonyl (C=O) groups is 1. The molecule has 182 valence electrons. The van der Waals surface area contributed by atoms with Gasteiger partial charge >= 0.3 is 6.09 Å². The monoisotopic (exact) mass is 505 g/mol. The molecule has 1 fully saturated rings. The van der Waals surface area contributed by atoms with Crippen molar-refractivity contribution >= 4 is 44.7 Å². The molecule has 9 nitrogen and oxygen atoms in total. The first kappa shape index (κ1) is 24.3. The van der Waals surface area contributed by atoms with Gasteiger partial charge in [-0.05, 0) is 51.8 Å². The molecule has 1 N–H and O–H groups in total. The summed E-state index contributed by atoms with van der Waals surface area (Å²) in [6.07, 6.45) is 7.83. The lowest BCUT2D eigenvalue weighted by molar-refractivity contribution is 0.0204. The second-order valence-electron chi connectivity index (χ2n) is 9.43. The van der Waals surface area contributed by atoms with E-state index in [0.29, 0.717) is 30.2 Å². The van der Waals surface area contributed by atoms with Crippen LogP contribution in [-0.2, 0) is 14.6 Å². The van der Waals surface area contributed by atoms with E-state index in [0.717, 1.165) is 24.8 Å². The predicted molar refractivity (Wildman–Crippen MR) is 131 cm³/mol. The Morgan fingerprint density at radius 3 is 2.53 bits per heavy atom. The Kier molecular flexibility index (Phi) is 6.48. The average molecular weight is 506 g/mol. The number of hydrogen-bond donors (Lipinski definition) is 1. The van der Waals surface area contributed by atoms with Gasteiger partial charge in [0.1, 0.15) is 5.60 Å². The van der Waals surface area contributed by atoms with Crippen LogP contribution in [0.1, 0.15) is 45.2 Å². The zero-order valence-electron chi connectivity index (χ0n) is 19.6. The van der Waals surface area contributed by atoms with Crippen LogP contribution in [-0.4, -0.2) is 58.7 Å². The van der Waals surface area contributed by atoms with Crippen molar-refractivity contribution in [3.8, 4) is 0 Å². The largest absolute Gasteiger partial charge is 0.444 e. The van der Waals surface area contributed by atoms with Crippen LogP contribution in [0.25, 0.3) is 5.65 Å². The van der Waals surface area contributed by atoms with E-state index in [2.05, 4.69) is 15.3 Å². The lowest BCUT2D eigenvalue weighted by Crippen LogP contribution is -2.41. The second-order valence-corrected chi connectivity index (χ2v) is 11.9. The summed E-state index contributed by atoms with van der Waals surface area (Å²) >= 11 is 6.32. The molecule has 1 amide bonds. The number of imidazole rings is 1. The van der Waals surface area contributed by atoms with E-state index >= 15 is 0 Å². The maximum Gasteiger partial charge on any atom is 0.410 e. The van der Waals surface area contributed by atoms with E-state index in [-0.39, 0.29) is 21.9 Å². The van der Waals surface area contributed by atoms with Crippen LogP contribution in [0.2, 0.25) is 5.02 Å². The minimum absolute atomic E-state index is 0.148. The number of amides is 1. The Morgan fingerprint density at radius 2 is 1.91 bits per heavy atom. The summed E-state index contributed by atoms with van der Waals surface area (Å²) in [5.41, 5.74) is 1.70. The van der Waals surface area contributed by atoms with Crippen molar-refractivity contribution in [2.24, 2.45) is 0 Å². The zero-order chi connectivity index (χ0) is 24.7. The fraction of sp³-hybridized carbons (Fsp3) is 0.435. The van der Waals surface area contributed by atoms with Crippen LogP contribution in [0.5, 0.6) is 0 Å². The number of sulfone groups is 1. The van der Waals surface area contributed by atoms with Gasteiger partial charge in [0, 0.05) is 49.5 Å². The van der Waals surface area contributed by atoms with Crippen molar-refractivity contribution < 1.29 is 17.9 Å². The number of rotatable bonds is 4. The maximum absolute atomic E-state index is 12.4. The summed E-state index contributed by atoms with van der Waals surface area (Å²) in [5.74, 6) is 0.746. The van der Waals surface area contributed by atoms with Crippen molar-refractivity contribution in [1.29, 1.82) is 0 Å². The van der Waals surface area contributed by atoms with E-state index in [9.17, 15) is 13.2 Å². The molecule has 3 heterocycles. The summed E-state index contributed by atoms with van der Waals surface area (Å²) in [6.45, 7) is 6.82. The minimum Gasteiger partial charge on any atom is -0.444 e. The topological polar surface area (TPSA) is 106 Å².